The molecule has 0 fully saturated rings. The third-order valence-corrected chi connectivity index (χ3v) is 6.22. The van der Waals surface area contributed by atoms with Gasteiger partial charge >= 0.3 is 0 Å². The molecular weight excluding hydrogens is 408 g/mol. The number of carbonyl (C=O) groups excluding carboxylic acids is 1. The van der Waals surface area contributed by atoms with Crippen molar-refractivity contribution in [3.8, 4) is 11.5 Å². The van der Waals surface area contributed by atoms with Crippen LogP contribution in [0.3, 0.4) is 0 Å². The van der Waals surface area contributed by atoms with Gasteiger partial charge < -0.3 is 20.1 Å². The van der Waals surface area contributed by atoms with Crippen molar-refractivity contribution in [2.45, 2.75) is 17.1 Å². The number of ether oxygens (including phenoxy) is 2. The van der Waals surface area contributed by atoms with Crippen molar-refractivity contribution >= 4 is 34.7 Å². The molecule has 1 aliphatic heterocycles. The molecule has 0 aromatic heterocycles. The Labute approximate surface area is 186 Å². The fraction of sp³-hybridized carbons (Fsp3) is 0.160. The second kappa shape index (κ2) is 9.18. The van der Waals surface area contributed by atoms with Crippen LogP contribution in [0, 0.1) is 0 Å². The SMILES string of the molecule is COc1ccc(C2C=C(c3cccc(NC(C)=O)c3)Nc3ccccc3S2)c(OC)c1. The zero-order valence-electron chi connectivity index (χ0n) is 17.6. The van der Waals surface area contributed by atoms with Crippen LogP contribution in [0.4, 0.5) is 11.4 Å². The summed E-state index contributed by atoms with van der Waals surface area (Å²) >= 11 is 1.76. The molecule has 0 saturated carbocycles. The van der Waals surface area contributed by atoms with Gasteiger partial charge in [0.15, 0.2) is 0 Å². The summed E-state index contributed by atoms with van der Waals surface area (Å²) in [5, 5.41) is 6.45. The topological polar surface area (TPSA) is 59.6 Å². The second-order valence-electron chi connectivity index (χ2n) is 7.11. The number of thioether (sulfide) groups is 1. The molecule has 0 radical (unpaired) electrons. The van der Waals surface area contributed by atoms with E-state index in [4.69, 9.17) is 9.47 Å². The molecule has 1 amide bonds. The molecule has 1 atom stereocenters. The Hall–Kier alpha value is -3.38. The van der Waals surface area contributed by atoms with Crippen molar-refractivity contribution in [3.63, 3.8) is 0 Å². The number of fused-ring (bicyclic) bond motifs is 1. The number of nitrogens with one attached hydrogen (secondary N) is 2. The summed E-state index contributed by atoms with van der Waals surface area (Å²) < 4.78 is 11.0. The van der Waals surface area contributed by atoms with Gasteiger partial charge in [-0.15, -0.1) is 11.8 Å². The maximum atomic E-state index is 11.5. The third kappa shape index (κ3) is 4.70. The molecule has 0 saturated heterocycles. The quantitative estimate of drug-likeness (QED) is 0.521. The van der Waals surface area contributed by atoms with E-state index >= 15 is 0 Å². The lowest BCUT2D eigenvalue weighted by Gasteiger charge is -2.17. The summed E-state index contributed by atoms with van der Waals surface area (Å²) in [6.07, 6.45) is 2.20. The Morgan fingerprint density at radius 3 is 2.61 bits per heavy atom. The minimum atomic E-state index is -0.0956. The fourth-order valence-electron chi connectivity index (χ4n) is 3.52. The Balaban J connectivity index is 1.81. The first-order chi connectivity index (χ1) is 15.1. The van der Waals surface area contributed by atoms with Crippen LogP contribution < -0.4 is 20.1 Å². The summed E-state index contributed by atoms with van der Waals surface area (Å²) in [5.41, 5.74) is 4.81. The highest BCUT2D eigenvalue weighted by atomic mass is 32.2. The minimum absolute atomic E-state index is 0.0106. The number of hydrogen-bond donors (Lipinski definition) is 2. The van der Waals surface area contributed by atoms with Crippen LogP contribution in [-0.2, 0) is 4.79 Å². The van der Waals surface area contributed by atoms with Crippen LogP contribution in [0.2, 0.25) is 0 Å². The first-order valence-electron chi connectivity index (χ1n) is 9.92. The van der Waals surface area contributed by atoms with E-state index in [1.54, 1.807) is 26.0 Å². The highest BCUT2D eigenvalue weighted by Crippen LogP contribution is 2.47. The molecule has 1 heterocycles. The van der Waals surface area contributed by atoms with E-state index in [1.165, 1.54) is 6.92 Å². The van der Waals surface area contributed by atoms with E-state index in [0.717, 1.165) is 44.6 Å². The monoisotopic (exact) mass is 432 g/mol. The minimum Gasteiger partial charge on any atom is -0.497 e. The molecule has 5 nitrogen and oxygen atoms in total. The molecule has 0 spiro atoms. The van der Waals surface area contributed by atoms with Gasteiger partial charge in [0.1, 0.15) is 11.5 Å². The van der Waals surface area contributed by atoms with E-state index in [2.05, 4.69) is 28.8 Å². The van der Waals surface area contributed by atoms with E-state index in [0.29, 0.717) is 0 Å². The Morgan fingerprint density at radius 2 is 1.84 bits per heavy atom. The summed E-state index contributed by atoms with van der Waals surface area (Å²) in [6, 6.07) is 22.0. The molecule has 4 rings (SSSR count). The van der Waals surface area contributed by atoms with Gasteiger partial charge in [0, 0.05) is 34.8 Å². The summed E-state index contributed by atoms with van der Waals surface area (Å²) in [7, 11) is 3.32. The molecule has 0 bridgehead atoms. The maximum Gasteiger partial charge on any atom is 0.221 e. The normalized spacial score (nSPS) is 15.1. The second-order valence-corrected chi connectivity index (χ2v) is 8.29. The van der Waals surface area contributed by atoms with Crippen molar-refractivity contribution < 1.29 is 14.3 Å². The van der Waals surface area contributed by atoms with Gasteiger partial charge in [0.2, 0.25) is 5.91 Å². The first-order valence-corrected chi connectivity index (χ1v) is 10.8. The van der Waals surface area contributed by atoms with Crippen molar-refractivity contribution in [1.29, 1.82) is 0 Å². The van der Waals surface area contributed by atoms with Gasteiger partial charge in [-0.25, -0.2) is 0 Å². The Bertz CT molecular complexity index is 1140. The van der Waals surface area contributed by atoms with Gasteiger partial charge in [-0.05, 0) is 42.0 Å². The molecule has 1 unspecified atom stereocenters. The molecule has 1 aliphatic rings. The smallest absolute Gasteiger partial charge is 0.221 e. The van der Waals surface area contributed by atoms with Gasteiger partial charge in [-0.2, -0.15) is 0 Å². The van der Waals surface area contributed by atoms with Crippen molar-refractivity contribution in [2.75, 3.05) is 24.9 Å². The highest BCUT2D eigenvalue weighted by molar-refractivity contribution is 7.99. The molecule has 158 valence electrons. The van der Waals surface area contributed by atoms with Crippen molar-refractivity contribution in [2.24, 2.45) is 0 Å². The summed E-state index contributed by atoms with van der Waals surface area (Å²) in [5.74, 6) is 1.44. The lowest BCUT2D eigenvalue weighted by atomic mass is 10.1. The van der Waals surface area contributed by atoms with E-state index < -0.39 is 0 Å². The lowest BCUT2D eigenvalue weighted by Crippen LogP contribution is -2.06. The molecular formula is C25H24N2O3S. The standard InChI is InChI=1S/C25H24N2O3S/c1-16(28)26-18-8-6-7-17(13-18)22-15-25(31-24-10-5-4-9-21(24)27-22)20-12-11-19(29-2)14-23(20)30-3/h4-15,25,27H,1-3H3,(H,26,28). The van der Waals surface area contributed by atoms with Crippen LogP contribution >= 0.6 is 11.8 Å². The average Bonchev–Trinajstić information content (AvgIpc) is 2.98. The zero-order chi connectivity index (χ0) is 21.8. The van der Waals surface area contributed by atoms with Gasteiger partial charge in [0.25, 0.3) is 0 Å². The molecule has 3 aromatic rings. The maximum absolute atomic E-state index is 11.5. The predicted octanol–water partition coefficient (Wildman–Crippen LogP) is 5.96. The number of carbonyl (C=O) groups is 1. The summed E-state index contributed by atoms with van der Waals surface area (Å²) in [6.45, 7) is 1.51. The average molecular weight is 433 g/mol. The van der Waals surface area contributed by atoms with Crippen LogP contribution in [0.25, 0.3) is 5.70 Å². The number of anilines is 2. The number of methoxy groups -OCH3 is 2. The number of para-hydroxylation sites is 1. The molecule has 2 N–H and O–H groups in total. The highest BCUT2D eigenvalue weighted by Gasteiger charge is 2.22. The number of hydrogen-bond acceptors (Lipinski definition) is 5. The number of amides is 1. The van der Waals surface area contributed by atoms with Gasteiger partial charge in [0.05, 0.1) is 25.2 Å². The van der Waals surface area contributed by atoms with E-state index in [1.807, 2.05) is 54.6 Å². The van der Waals surface area contributed by atoms with Crippen LogP contribution in [0.1, 0.15) is 23.3 Å². The summed E-state index contributed by atoms with van der Waals surface area (Å²) in [4.78, 5) is 12.7. The van der Waals surface area contributed by atoms with E-state index in [9.17, 15) is 4.79 Å². The van der Waals surface area contributed by atoms with Gasteiger partial charge in [-0.3, -0.25) is 4.79 Å². The largest absolute Gasteiger partial charge is 0.497 e. The number of rotatable bonds is 5. The third-order valence-electron chi connectivity index (χ3n) is 4.97. The molecule has 6 heteroatoms. The van der Waals surface area contributed by atoms with E-state index in [-0.39, 0.29) is 11.2 Å². The van der Waals surface area contributed by atoms with Crippen LogP contribution in [0.5, 0.6) is 11.5 Å². The molecule has 0 aliphatic carbocycles. The molecule has 31 heavy (non-hydrogen) atoms. The van der Waals surface area contributed by atoms with Crippen LogP contribution in [-0.4, -0.2) is 20.1 Å². The fourth-order valence-corrected chi connectivity index (χ4v) is 4.73. The lowest BCUT2D eigenvalue weighted by molar-refractivity contribution is -0.114. The first kappa shape index (κ1) is 20.9. The number of benzene rings is 3. The van der Waals surface area contributed by atoms with Gasteiger partial charge in [-0.1, -0.05) is 30.3 Å². The van der Waals surface area contributed by atoms with Crippen LogP contribution in [0.15, 0.2) is 77.7 Å². The zero-order valence-corrected chi connectivity index (χ0v) is 18.5. The predicted molar refractivity (Wildman–Crippen MR) is 127 cm³/mol. The Kier molecular flexibility index (Phi) is 6.18. The molecule has 3 aromatic carbocycles. The Morgan fingerprint density at radius 1 is 1.00 bits per heavy atom. The van der Waals surface area contributed by atoms with Crippen molar-refractivity contribution in [3.05, 3.63) is 83.9 Å². The van der Waals surface area contributed by atoms with Crippen molar-refractivity contribution in [1.82, 2.24) is 0 Å².